The van der Waals surface area contributed by atoms with Gasteiger partial charge in [-0.1, -0.05) is 13.8 Å². The van der Waals surface area contributed by atoms with Crippen LogP contribution in [0.4, 0.5) is 5.82 Å². The van der Waals surface area contributed by atoms with Gasteiger partial charge in [-0.25, -0.2) is 0 Å². The summed E-state index contributed by atoms with van der Waals surface area (Å²) in [6, 6.07) is 1.67. The highest BCUT2D eigenvalue weighted by Gasteiger charge is 2.04. The summed E-state index contributed by atoms with van der Waals surface area (Å²) in [5, 5.41) is 6.81. The molecule has 1 aromatic rings. The molecule has 3 N–H and O–H groups in total. The van der Waals surface area contributed by atoms with Gasteiger partial charge in [0.2, 0.25) is 5.91 Å². The van der Waals surface area contributed by atoms with Crippen LogP contribution in [0.3, 0.4) is 0 Å². The lowest BCUT2D eigenvalue weighted by Gasteiger charge is -2.17. The molecule has 0 spiro atoms. The quantitative estimate of drug-likeness (QED) is 0.698. The monoisotopic (exact) mass is 239 g/mol. The van der Waals surface area contributed by atoms with E-state index in [0.717, 1.165) is 19.6 Å². The summed E-state index contributed by atoms with van der Waals surface area (Å²) in [6.07, 6.45) is 1.69. The molecule has 0 unspecified atom stereocenters. The van der Waals surface area contributed by atoms with Crippen molar-refractivity contribution in [2.45, 2.75) is 20.4 Å². The summed E-state index contributed by atoms with van der Waals surface area (Å²) in [7, 11) is 0. The highest BCUT2D eigenvalue weighted by molar-refractivity contribution is 5.75. The predicted molar refractivity (Wildman–Crippen MR) is 67.4 cm³/mol. The number of rotatable bonds is 7. The highest BCUT2D eigenvalue weighted by atomic mass is 16.2. The summed E-state index contributed by atoms with van der Waals surface area (Å²) >= 11 is 0. The molecular weight excluding hydrogens is 218 g/mol. The molecule has 17 heavy (non-hydrogen) atoms. The lowest BCUT2D eigenvalue weighted by molar-refractivity contribution is -0.121. The minimum absolute atomic E-state index is 0.0414. The molecule has 0 aliphatic carbocycles. The summed E-state index contributed by atoms with van der Waals surface area (Å²) in [5.74, 6) is 0.390. The fraction of sp³-hybridized carbons (Fsp3) is 0.636. The zero-order valence-electron chi connectivity index (χ0n) is 10.5. The first-order chi connectivity index (χ1) is 8.15. The molecule has 96 valence electrons. The molecule has 0 aromatic carbocycles. The van der Waals surface area contributed by atoms with Crippen LogP contribution in [0.15, 0.2) is 12.3 Å². The van der Waals surface area contributed by atoms with Gasteiger partial charge in [0.05, 0.1) is 0 Å². The number of nitrogens with one attached hydrogen (secondary N) is 1. The SMILES string of the molecule is CCN(CC)CCNC(=O)Cn1ccc(N)n1. The first-order valence-electron chi connectivity index (χ1n) is 5.93. The average Bonchev–Trinajstić information content (AvgIpc) is 2.70. The summed E-state index contributed by atoms with van der Waals surface area (Å²) in [4.78, 5) is 13.8. The number of nitrogens with two attached hydrogens (primary N) is 1. The second kappa shape index (κ2) is 6.90. The van der Waals surface area contributed by atoms with Gasteiger partial charge in [0.15, 0.2) is 0 Å². The number of carbonyl (C=O) groups excluding carboxylic acids is 1. The molecule has 6 nitrogen and oxygen atoms in total. The third-order valence-corrected chi connectivity index (χ3v) is 2.61. The van der Waals surface area contributed by atoms with Gasteiger partial charge < -0.3 is 16.0 Å². The van der Waals surface area contributed by atoms with Gasteiger partial charge in [-0.05, 0) is 19.2 Å². The molecule has 0 radical (unpaired) electrons. The van der Waals surface area contributed by atoms with E-state index in [-0.39, 0.29) is 12.5 Å². The summed E-state index contributed by atoms with van der Waals surface area (Å²) < 4.78 is 1.53. The molecule has 0 aliphatic rings. The van der Waals surface area contributed by atoms with Crippen LogP contribution in [0.25, 0.3) is 0 Å². The number of nitrogen functional groups attached to an aromatic ring is 1. The van der Waals surface area contributed by atoms with Crippen molar-refractivity contribution in [1.82, 2.24) is 20.0 Å². The Hall–Kier alpha value is -1.56. The van der Waals surface area contributed by atoms with E-state index in [2.05, 4.69) is 29.2 Å². The van der Waals surface area contributed by atoms with Crippen molar-refractivity contribution in [1.29, 1.82) is 0 Å². The van der Waals surface area contributed by atoms with Gasteiger partial charge in [-0.2, -0.15) is 5.10 Å². The second-order valence-corrected chi connectivity index (χ2v) is 3.82. The Morgan fingerprint density at radius 2 is 2.24 bits per heavy atom. The van der Waals surface area contributed by atoms with Gasteiger partial charge in [0.25, 0.3) is 0 Å². The van der Waals surface area contributed by atoms with Crippen LogP contribution in [0, 0.1) is 0 Å². The van der Waals surface area contributed by atoms with Crippen LogP contribution in [-0.2, 0) is 11.3 Å². The standard InChI is InChI=1S/C11H21N5O/c1-3-15(4-2)8-6-13-11(17)9-16-7-5-10(12)14-16/h5,7H,3-4,6,8-9H2,1-2H3,(H2,12,14)(H,13,17). The van der Waals surface area contributed by atoms with Crippen molar-refractivity contribution in [2.75, 3.05) is 31.9 Å². The van der Waals surface area contributed by atoms with Crippen molar-refractivity contribution in [3.63, 3.8) is 0 Å². The molecule has 6 heteroatoms. The van der Waals surface area contributed by atoms with Crippen LogP contribution in [0.2, 0.25) is 0 Å². The van der Waals surface area contributed by atoms with E-state index in [9.17, 15) is 4.79 Å². The smallest absolute Gasteiger partial charge is 0.241 e. The molecule has 0 aliphatic heterocycles. The van der Waals surface area contributed by atoms with Gasteiger partial charge in [-0.3, -0.25) is 9.48 Å². The van der Waals surface area contributed by atoms with Crippen molar-refractivity contribution >= 4 is 11.7 Å². The number of hydrogen-bond acceptors (Lipinski definition) is 4. The van der Waals surface area contributed by atoms with E-state index in [1.165, 1.54) is 4.68 Å². The number of carbonyl (C=O) groups is 1. The first-order valence-corrected chi connectivity index (χ1v) is 5.93. The number of likely N-dealkylation sites (N-methyl/N-ethyl adjacent to an activating group) is 1. The van der Waals surface area contributed by atoms with Crippen LogP contribution in [0.1, 0.15) is 13.8 Å². The maximum absolute atomic E-state index is 11.5. The van der Waals surface area contributed by atoms with E-state index in [1.807, 2.05) is 0 Å². The normalized spacial score (nSPS) is 10.8. The fourth-order valence-corrected chi connectivity index (χ4v) is 1.56. The average molecular weight is 239 g/mol. The fourth-order valence-electron chi connectivity index (χ4n) is 1.56. The molecule has 0 fully saturated rings. The number of anilines is 1. The topological polar surface area (TPSA) is 76.2 Å². The molecule has 0 saturated carbocycles. The largest absolute Gasteiger partial charge is 0.382 e. The number of amides is 1. The number of hydrogen-bond donors (Lipinski definition) is 2. The second-order valence-electron chi connectivity index (χ2n) is 3.82. The summed E-state index contributed by atoms with van der Waals surface area (Å²) in [6.45, 7) is 7.98. The van der Waals surface area contributed by atoms with Crippen LogP contribution >= 0.6 is 0 Å². The molecule has 1 amide bonds. The molecule has 1 heterocycles. The van der Waals surface area contributed by atoms with Crippen LogP contribution < -0.4 is 11.1 Å². The van der Waals surface area contributed by atoms with Crippen molar-refractivity contribution < 1.29 is 4.79 Å². The lowest BCUT2D eigenvalue weighted by Crippen LogP contribution is -2.36. The van der Waals surface area contributed by atoms with E-state index in [0.29, 0.717) is 12.4 Å². The van der Waals surface area contributed by atoms with Crippen molar-refractivity contribution in [3.05, 3.63) is 12.3 Å². The molecule has 0 atom stereocenters. The van der Waals surface area contributed by atoms with E-state index < -0.39 is 0 Å². The Balaban J connectivity index is 2.21. The van der Waals surface area contributed by atoms with Gasteiger partial charge in [0, 0.05) is 19.3 Å². The molecular formula is C11H21N5O. The molecule has 0 saturated heterocycles. The Morgan fingerprint density at radius 1 is 1.53 bits per heavy atom. The zero-order chi connectivity index (χ0) is 12.7. The maximum Gasteiger partial charge on any atom is 0.241 e. The Morgan fingerprint density at radius 3 is 2.76 bits per heavy atom. The molecule has 1 aromatic heterocycles. The molecule has 1 rings (SSSR count). The van der Waals surface area contributed by atoms with E-state index in [4.69, 9.17) is 5.73 Å². The summed E-state index contributed by atoms with van der Waals surface area (Å²) in [5.41, 5.74) is 5.46. The third kappa shape index (κ3) is 4.86. The lowest BCUT2D eigenvalue weighted by atomic mass is 10.4. The van der Waals surface area contributed by atoms with E-state index >= 15 is 0 Å². The Labute approximate surface area is 102 Å². The van der Waals surface area contributed by atoms with Gasteiger partial charge >= 0.3 is 0 Å². The van der Waals surface area contributed by atoms with Crippen LogP contribution in [-0.4, -0.2) is 46.8 Å². The van der Waals surface area contributed by atoms with Crippen molar-refractivity contribution in [2.24, 2.45) is 0 Å². The third-order valence-electron chi connectivity index (χ3n) is 2.61. The maximum atomic E-state index is 11.5. The number of aromatic nitrogens is 2. The van der Waals surface area contributed by atoms with Gasteiger partial charge in [-0.15, -0.1) is 0 Å². The molecule has 0 bridgehead atoms. The van der Waals surface area contributed by atoms with Crippen LogP contribution in [0.5, 0.6) is 0 Å². The minimum atomic E-state index is -0.0414. The highest BCUT2D eigenvalue weighted by Crippen LogP contribution is 1.94. The number of nitrogens with zero attached hydrogens (tertiary/aromatic N) is 3. The Bertz CT molecular complexity index is 345. The first kappa shape index (κ1) is 13.5. The predicted octanol–water partition coefficient (Wildman–Crippen LogP) is -0.0767. The van der Waals surface area contributed by atoms with E-state index in [1.54, 1.807) is 12.3 Å². The Kier molecular flexibility index (Phi) is 5.48. The minimum Gasteiger partial charge on any atom is -0.382 e. The van der Waals surface area contributed by atoms with Gasteiger partial charge in [0.1, 0.15) is 12.4 Å². The zero-order valence-corrected chi connectivity index (χ0v) is 10.5. The van der Waals surface area contributed by atoms with Crippen molar-refractivity contribution in [3.8, 4) is 0 Å².